The fraction of sp³-hybridized carbons (Fsp3) is 0.160. The fourth-order valence-electron chi connectivity index (χ4n) is 3.98. The minimum Gasteiger partial charge on any atom is -0.503 e. The Morgan fingerprint density at radius 3 is 2.79 bits per heavy atom. The van der Waals surface area contributed by atoms with Crippen LogP contribution in [0.3, 0.4) is 0 Å². The average Bonchev–Trinajstić information content (AvgIpc) is 3.57. The number of nitrogens with zero attached hydrogens (tertiary/aromatic N) is 2. The third-order valence-corrected chi connectivity index (χ3v) is 6.68. The summed E-state index contributed by atoms with van der Waals surface area (Å²) in [6.45, 7) is 2.07. The van der Waals surface area contributed by atoms with Gasteiger partial charge in [-0.25, -0.2) is 4.98 Å². The molecule has 5 rings (SSSR count). The number of amides is 1. The molecule has 1 aliphatic heterocycles. The van der Waals surface area contributed by atoms with E-state index in [-0.39, 0.29) is 11.3 Å². The maximum atomic E-state index is 13.3. The number of Topliss-reactive ketones (excluding diaryl/α,β-unsaturated/α-hetero) is 1. The van der Waals surface area contributed by atoms with Crippen LogP contribution in [0.25, 0.3) is 10.2 Å². The maximum absolute atomic E-state index is 13.3. The van der Waals surface area contributed by atoms with Crippen molar-refractivity contribution in [2.24, 2.45) is 0 Å². The van der Waals surface area contributed by atoms with Crippen LogP contribution >= 0.6 is 11.3 Å². The number of aliphatic hydroxyl groups excluding tert-OH is 1. The first-order valence-corrected chi connectivity index (χ1v) is 11.2. The lowest BCUT2D eigenvalue weighted by Gasteiger charge is -2.24. The van der Waals surface area contributed by atoms with Crippen LogP contribution in [-0.2, 0) is 11.2 Å². The van der Waals surface area contributed by atoms with E-state index in [0.717, 1.165) is 22.2 Å². The van der Waals surface area contributed by atoms with Gasteiger partial charge < -0.3 is 14.3 Å². The van der Waals surface area contributed by atoms with Gasteiger partial charge in [-0.1, -0.05) is 36.5 Å². The average molecular weight is 461 g/mol. The summed E-state index contributed by atoms with van der Waals surface area (Å²) in [6, 6.07) is 15.2. The molecule has 2 aromatic carbocycles. The number of hydrogen-bond donors (Lipinski definition) is 1. The summed E-state index contributed by atoms with van der Waals surface area (Å²) >= 11 is 1.34. The molecule has 0 aliphatic carbocycles. The number of carbonyl (C=O) groups is 2. The third-order valence-electron chi connectivity index (χ3n) is 5.66. The molecule has 33 heavy (non-hydrogen) atoms. The normalized spacial score (nSPS) is 16.1. The van der Waals surface area contributed by atoms with Crippen molar-refractivity contribution < 1.29 is 23.8 Å². The van der Waals surface area contributed by atoms with E-state index in [0.29, 0.717) is 16.4 Å². The number of aliphatic hydroxyl groups is 1. The highest BCUT2D eigenvalue weighted by molar-refractivity contribution is 7.22. The van der Waals surface area contributed by atoms with Gasteiger partial charge in [-0.3, -0.25) is 14.5 Å². The van der Waals surface area contributed by atoms with E-state index in [1.165, 1.54) is 35.7 Å². The Morgan fingerprint density at radius 1 is 1.21 bits per heavy atom. The van der Waals surface area contributed by atoms with Crippen LogP contribution in [0.2, 0.25) is 0 Å². The van der Waals surface area contributed by atoms with Crippen LogP contribution in [0.1, 0.15) is 34.6 Å². The number of ketones is 1. The first-order chi connectivity index (χ1) is 16.0. The molecule has 1 unspecified atom stereocenters. The van der Waals surface area contributed by atoms with Gasteiger partial charge in [0.1, 0.15) is 5.75 Å². The van der Waals surface area contributed by atoms with E-state index >= 15 is 0 Å². The molecule has 0 fully saturated rings. The van der Waals surface area contributed by atoms with Gasteiger partial charge in [-0.15, -0.1) is 0 Å². The molecule has 166 valence electrons. The molecule has 0 bridgehead atoms. The van der Waals surface area contributed by atoms with Gasteiger partial charge in [0.15, 0.2) is 16.7 Å². The summed E-state index contributed by atoms with van der Waals surface area (Å²) in [7, 11) is 1.54. The van der Waals surface area contributed by atoms with E-state index in [2.05, 4.69) is 11.9 Å². The summed E-state index contributed by atoms with van der Waals surface area (Å²) in [4.78, 5) is 32.6. The molecule has 0 saturated heterocycles. The molecule has 8 heteroatoms. The van der Waals surface area contributed by atoms with Crippen molar-refractivity contribution in [2.45, 2.75) is 19.4 Å². The SMILES string of the molecule is CCc1ccc2nc(N3C(=O)C(O)=C(C(=O)c4ccco4)C3c3cccc(OC)c3)sc2c1. The third kappa shape index (κ3) is 3.48. The van der Waals surface area contributed by atoms with Crippen LogP contribution in [0.5, 0.6) is 5.75 Å². The molecule has 4 aromatic rings. The van der Waals surface area contributed by atoms with Gasteiger partial charge in [0, 0.05) is 0 Å². The number of anilines is 1. The van der Waals surface area contributed by atoms with Crippen molar-refractivity contribution >= 4 is 38.4 Å². The largest absolute Gasteiger partial charge is 0.503 e. The Bertz CT molecular complexity index is 1400. The van der Waals surface area contributed by atoms with Gasteiger partial charge in [-0.05, 0) is 53.9 Å². The molecule has 1 atom stereocenters. The highest BCUT2D eigenvalue weighted by Gasteiger charge is 2.46. The lowest BCUT2D eigenvalue weighted by atomic mass is 9.95. The predicted molar refractivity (Wildman–Crippen MR) is 125 cm³/mol. The number of benzene rings is 2. The molecule has 1 amide bonds. The molecule has 0 radical (unpaired) electrons. The maximum Gasteiger partial charge on any atom is 0.296 e. The molecular weight excluding hydrogens is 440 g/mol. The van der Waals surface area contributed by atoms with Crippen molar-refractivity contribution in [1.29, 1.82) is 0 Å². The summed E-state index contributed by atoms with van der Waals surface area (Å²) in [6.07, 6.45) is 2.25. The number of aromatic nitrogens is 1. The Balaban J connectivity index is 1.68. The number of hydrogen-bond acceptors (Lipinski definition) is 7. The predicted octanol–water partition coefficient (Wildman–Crippen LogP) is 5.24. The van der Waals surface area contributed by atoms with Gasteiger partial charge in [0.2, 0.25) is 5.78 Å². The van der Waals surface area contributed by atoms with E-state index < -0.39 is 23.5 Å². The van der Waals surface area contributed by atoms with Gasteiger partial charge >= 0.3 is 0 Å². The second-order valence-electron chi connectivity index (χ2n) is 7.58. The van der Waals surface area contributed by atoms with Gasteiger partial charge in [0.25, 0.3) is 5.91 Å². The van der Waals surface area contributed by atoms with Crippen molar-refractivity contribution in [3.63, 3.8) is 0 Å². The molecular formula is C25H20N2O5S. The number of ether oxygens (including phenoxy) is 1. The Kier molecular flexibility index (Phi) is 5.22. The Labute approximate surface area is 193 Å². The van der Waals surface area contributed by atoms with E-state index in [1.54, 1.807) is 30.3 Å². The first-order valence-electron chi connectivity index (χ1n) is 10.4. The van der Waals surface area contributed by atoms with Gasteiger partial charge in [0.05, 0.1) is 35.2 Å². The zero-order chi connectivity index (χ0) is 23.1. The number of fused-ring (bicyclic) bond motifs is 1. The van der Waals surface area contributed by atoms with Crippen LogP contribution in [0, 0.1) is 0 Å². The lowest BCUT2D eigenvalue weighted by molar-refractivity contribution is -0.117. The quantitative estimate of drug-likeness (QED) is 0.396. The second-order valence-corrected chi connectivity index (χ2v) is 8.58. The highest BCUT2D eigenvalue weighted by Crippen LogP contribution is 2.44. The number of aryl methyl sites for hydroxylation is 1. The summed E-state index contributed by atoms with van der Waals surface area (Å²) in [5, 5.41) is 11.2. The molecule has 3 heterocycles. The molecule has 2 aromatic heterocycles. The standard InChI is InChI=1S/C25H20N2O5S/c1-3-14-9-10-17-19(12-14)33-25(26-17)27-21(15-6-4-7-16(13-15)31-2)20(23(29)24(27)30)22(28)18-8-5-11-32-18/h4-13,21,29H,3H2,1-2H3. The zero-order valence-electron chi connectivity index (χ0n) is 17.9. The van der Waals surface area contributed by atoms with E-state index in [9.17, 15) is 14.7 Å². The summed E-state index contributed by atoms with van der Waals surface area (Å²) in [5.74, 6) is -1.26. The van der Waals surface area contributed by atoms with Crippen LogP contribution in [0.15, 0.2) is 76.6 Å². The van der Waals surface area contributed by atoms with Crippen molar-refractivity contribution in [3.05, 3.63) is 89.1 Å². The summed E-state index contributed by atoms with van der Waals surface area (Å²) in [5.41, 5.74) is 2.45. The summed E-state index contributed by atoms with van der Waals surface area (Å²) < 4.78 is 11.5. The van der Waals surface area contributed by atoms with E-state index in [4.69, 9.17) is 9.15 Å². The van der Waals surface area contributed by atoms with Crippen LogP contribution < -0.4 is 9.64 Å². The number of furan rings is 1. The Morgan fingerprint density at radius 2 is 2.06 bits per heavy atom. The fourth-order valence-corrected chi connectivity index (χ4v) is 5.04. The first kappa shape index (κ1) is 21.0. The lowest BCUT2D eigenvalue weighted by Crippen LogP contribution is -2.31. The molecule has 0 spiro atoms. The van der Waals surface area contributed by atoms with Crippen molar-refractivity contribution in [2.75, 3.05) is 12.0 Å². The van der Waals surface area contributed by atoms with Gasteiger partial charge in [-0.2, -0.15) is 0 Å². The van der Waals surface area contributed by atoms with E-state index in [1.807, 2.05) is 18.2 Å². The topological polar surface area (TPSA) is 92.9 Å². The smallest absolute Gasteiger partial charge is 0.296 e. The zero-order valence-corrected chi connectivity index (χ0v) is 18.8. The molecule has 1 N–H and O–H groups in total. The minimum absolute atomic E-state index is 0.0379. The second kappa shape index (κ2) is 8.22. The van der Waals surface area contributed by atoms with Crippen LogP contribution in [0.4, 0.5) is 5.13 Å². The Hall–Kier alpha value is -3.91. The molecule has 1 aliphatic rings. The molecule has 0 saturated carbocycles. The minimum atomic E-state index is -0.892. The molecule has 7 nitrogen and oxygen atoms in total. The number of rotatable bonds is 6. The van der Waals surface area contributed by atoms with Crippen LogP contribution in [-0.4, -0.2) is 28.9 Å². The monoisotopic (exact) mass is 460 g/mol. The van der Waals surface area contributed by atoms with Crippen molar-refractivity contribution in [3.8, 4) is 5.75 Å². The highest BCUT2D eigenvalue weighted by atomic mass is 32.1. The number of methoxy groups -OCH3 is 1. The number of thiazole rings is 1. The van der Waals surface area contributed by atoms with Crippen molar-refractivity contribution in [1.82, 2.24) is 4.98 Å². The number of carbonyl (C=O) groups excluding carboxylic acids is 2.